The molecule has 2 fully saturated rings. The van der Waals surface area contributed by atoms with Crippen molar-refractivity contribution in [1.82, 2.24) is 9.80 Å². The molecule has 0 saturated carbocycles. The first-order valence-corrected chi connectivity index (χ1v) is 11.4. The van der Waals surface area contributed by atoms with Crippen molar-refractivity contribution in [3.05, 3.63) is 35.9 Å². The Balaban J connectivity index is 1.71. The van der Waals surface area contributed by atoms with Crippen LogP contribution in [0.1, 0.15) is 32.3 Å². The zero-order valence-corrected chi connectivity index (χ0v) is 16.6. The van der Waals surface area contributed by atoms with Crippen molar-refractivity contribution in [3.63, 3.8) is 0 Å². The fraction of sp³-hybridized carbons (Fsp3) is 0.650. The van der Waals surface area contributed by atoms with E-state index in [4.69, 9.17) is 0 Å². The molecule has 1 aromatic carbocycles. The monoisotopic (exact) mass is 378 g/mol. The Kier molecular flexibility index (Phi) is 6.03. The number of carbonyl (C=O) groups is 1. The van der Waals surface area contributed by atoms with Crippen LogP contribution in [0.3, 0.4) is 0 Å². The normalized spacial score (nSPS) is 26.3. The minimum absolute atomic E-state index is 0.0469. The van der Waals surface area contributed by atoms with E-state index in [2.05, 4.69) is 18.7 Å². The van der Waals surface area contributed by atoms with Crippen molar-refractivity contribution in [3.8, 4) is 0 Å². The smallest absolute Gasteiger partial charge is 0.226 e. The zero-order chi connectivity index (χ0) is 18.7. The van der Waals surface area contributed by atoms with Gasteiger partial charge in [0.2, 0.25) is 5.91 Å². The highest BCUT2D eigenvalue weighted by molar-refractivity contribution is 7.92. The Morgan fingerprint density at radius 3 is 2.50 bits per heavy atom. The number of rotatable bonds is 4. The Morgan fingerprint density at radius 1 is 1.12 bits per heavy atom. The third-order valence-corrected chi connectivity index (χ3v) is 7.78. The number of carbonyl (C=O) groups excluding carboxylic acids is 1. The second-order valence-corrected chi connectivity index (χ2v) is 10.3. The lowest BCUT2D eigenvalue weighted by molar-refractivity contribution is -0.130. The van der Waals surface area contributed by atoms with Gasteiger partial charge in [-0.25, -0.2) is 8.42 Å². The molecule has 3 rings (SSSR count). The second-order valence-electron chi connectivity index (χ2n) is 7.98. The molecule has 0 bridgehead atoms. The van der Waals surface area contributed by atoms with Crippen LogP contribution in [0, 0.1) is 5.92 Å². The average Bonchev–Trinajstić information content (AvgIpc) is 2.82. The maximum Gasteiger partial charge on any atom is 0.226 e. The molecule has 2 heterocycles. The molecular formula is C20H30N2O3S. The predicted octanol–water partition coefficient (Wildman–Crippen LogP) is 1.98. The molecule has 5 nitrogen and oxygen atoms in total. The Bertz CT molecular complexity index is 718. The average molecular weight is 379 g/mol. The van der Waals surface area contributed by atoms with Gasteiger partial charge in [-0.3, -0.25) is 9.69 Å². The molecule has 1 amide bonds. The van der Waals surface area contributed by atoms with E-state index in [1.807, 2.05) is 35.2 Å². The van der Waals surface area contributed by atoms with Crippen LogP contribution in [0.25, 0.3) is 0 Å². The molecule has 0 aliphatic carbocycles. The van der Waals surface area contributed by atoms with E-state index in [1.54, 1.807) is 0 Å². The van der Waals surface area contributed by atoms with Gasteiger partial charge in [0.25, 0.3) is 0 Å². The van der Waals surface area contributed by atoms with Crippen LogP contribution < -0.4 is 0 Å². The van der Waals surface area contributed by atoms with Gasteiger partial charge >= 0.3 is 0 Å². The highest BCUT2D eigenvalue weighted by Gasteiger charge is 2.43. The van der Waals surface area contributed by atoms with E-state index in [0.717, 1.165) is 18.5 Å². The Morgan fingerprint density at radius 2 is 1.81 bits per heavy atom. The minimum Gasteiger partial charge on any atom is -0.342 e. The van der Waals surface area contributed by atoms with E-state index in [1.165, 1.54) is 0 Å². The number of nitrogens with zero attached hydrogens (tertiary/aromatic N) is 2. The van der Waals surface area contributed by atoms with Crippen LogP contribution in [0.2, 0.25) is 0 Å². The molecule has 0 N–H and O–H groups in total. The number of fused-ring (bicyclic) bond motifs is 1. The highest BCUT2D eigenvalue weighted by atomic mass is 32.2. The first-order valence-electron chi connectivity index (χ1n) is 9.64. The minimum atomic E-state index is -3.06. The van der Waals surface area contributed by atoms with Gasteiger partial charge in [0.05, 0.1) is 17.4 Å². The second kappa shape index (κ2) is 8.09. The van der Waals surface area contributed by atoms with E-state index < -0.39 is 9.84 Å². The van der Waals surface area contributed by atoms with Crippen molar-refractivity contribution < 1.29 is 13.2 Å². The maximum atomic E-state index is 12.7. The fourth-order valence-corrected chi connectivity index (χ4v) is 6.33. The molecule has 2 aliphatic heterocycles. The first-order chi connectivity index (χ1) is 12.4. The van der Waals surface area contributed by atoms with Crippen LogP contribution >= 0.6 is 0 Å². The number of hydrogen-bond donors (Lipinski definition) is 0. The van der Waals surface area contributed by atoms with Gasteiger partial charge < -0.3 is 4.90 Å². The van der Waals surface area contributed by atoms with Crippen molar-refractivity contribution >= 4 is 15.7 Å². The van der Waals surface area contributed by atoms with Gasteiger partial charge in [-0.15, -0.1) is 0 Å². The SMILES string of the molecule is CC(C)CN1CCS(=O)(=O)[C@@H]2CCN(C(=O)Cc3ccccc3)CC[C@@H]21. The molecule has 144 valence electrons. The molecule has 2 saturated heterocycles. The largest absolute Gasteiger partial charge is 0.342 e. The van der Waals surface area contributed by atoms with Crippen LogP contribution in [0.15, 0.2) is 30.3 Å². The van der Waals surface area contributed by atoms with Gasteiger partial charge in [-0.2, -0.15) is 0 Å². The van der Waals surface area contributed by atoms with E-state index in [9.17, 15) is 13.2 Å². The molecule has 0 radical (unpaired) electrons. The van der Waals surface area contributed by atoms with Crippen LogP contribution in [-0.4, -0.2) is 67.3 Å². The molecule has 0 spiro atoms. The molecule has 6 heteroatoms. The summed E-state index contributed by atoms with van der Waals surface area (Å²) in [6, 6.07) is 9.80. The Labute approximate surface area is 157 Å². The maximum absolute atomic E-state index is 12.7. The zero-order valence-electron chi connectivity index (χ0n) is 15.8. The topological polar surface area (TPSA) is 57.7 Å². The summed E-state index contributed by atoms with van der Waals surface area (Å²) in [6.07, 6.45) is 1.69. The van der Waals surface area contributed by atoms with Gasteiger partial charge in [0.15, 0.2) is 9.84 Å². The summed E-state index contributed by atoms with van der Waals surface area (Å²) in [5.74, 6) is 0.858. The summed E-state index contributed by atoms with van der Waals surface area (Å²) in [7, 11) is -3.06. The highest BCUT2D eigenvalue weighted by Crippen LogP contribution is 2.28. The number of likely N-dealkylation sites (tertiary alicyclic amines) is 1. The summed E-state index contributed by atoms with van der Waals surface area (Å²) in [6.45, 7) is 7.09. The molecule has 0 unspecified atom stereocenters. The number of sulfone groups is 1. The molecule has 2 aliphatic rings. The lowest BCUT2D eigenvalue weighted by atomic mass is 10.0. The lowest BCUT2D eigenvalue weighted by Crippen LogP contribution is -2.55. The third kappa shape index (κ3) is 4.46. The summed E-state index contributed by atoms with van der Waals surface area (Å²) in [5, 5.41) is -0.329. The van der Waals surface area contributed by atoms with E-state index >= 15 is 0 Å². The van der Waals surface area contributed by atoms with E-state index in [0.29, 0.717) is 38.4 Å². The van der Waals surface area contributed by atoms with Crippen molar-refractivity contribution in [2.75, 3.05) is 31.9 Å². The molecule has 2 atom stereocenters. The number of amides is 1. The van der Waals surface area contributed by atoms with Gasteiger partial charge in [0.1, 0.15) is 0 Å². The van der Waals surface area contributed by atoms with Crippen LogP contribution in [0.5, 0.6) is 0 Å². The molecule has 1 aromatic rings. The first kappa shape index (κ1) is 19.4. The summed E-state index contributed by atoms with van der Waals surface area (Å²) >= 11 is 0. The fourth-order valence-electron chi connectivity index (χ4n) is 4.29. The number of hydrogen-bond acceptors (Lipinski definition) is 4. The summed E-state index contributed by atoms with van der Waals surface area (Å²) < 4.78 is 25.3. The quantitative estimate of drug-likeness (QED) is 0.804. The standard InChI is InChI=1S/C20H30N2O3S/c1-16(2)15-22-12-13-26(24,25)19-9-11-21(10-8-18(19)22)20(23)14-17-6-4-3-5-7-17/h3-7,16,18-19H,8-15H2,1-2H3/t18-,19+/m0/s1. The third-order valence-electron chi connectivity index (χ3n) is 5.55. The lowest BCUT2D eigenvalue weighted by Gasteiger charge is -2.40. The molecular weight excluding hydrogens is 348 g/mol. The van der Waals surface area contributed by atoms with Gasteiger partial charge in [-0.05, 0) is 24.3 Å². The molecule has 26 heavy (non-hydrogen) atoms. The molecule has 0 aromatic heterocycles. The van der Waals surface area contributed by atoms with Gasteiger partial charge in [0, 0.05) is 32.2 Å². The predicted molar refractivity (Wildman–Crippen MR) is 104 cm³/mol. The van der Waals surface area contributed by atoms with E-state index in [-0.39, 0.29) is 23.0 Å². The van der Waals surface area contributed by atoms with Crippen molar-refractivity contribution in [2.45, 2.75) is 44.4 Å². The number of benzene rings is 1. The Hall–Kier alpha value is -1.40. The van der Waals surface area contributed by atoms with Crippen molar-refractivity contribution in [2.24, 2.45) is 5.92 Å². The van der Waals surface area contributed by atoms with Crippen LogP contribution in [-0.2, 0) is 21.1 Å². The van der Waals surface area contributed by atoms with Crippen LogP contribution in [0.4, 0.5) is 0 Å². The summed E-state index contributed by atoms with van der Waals surface area (Å²) in [4.78, 5) is 16.9. The summed E-state index contributed by atoms with van der Waals surface area (Å²) in [5.41, 5.74) is 1.01. The van der Waals surface area contributed by atoms with Gasteiger partial charge in [-0.1, -0.05) is 44.2 Å². The van der Waals surface area contributed by atoms with Crippen molar-refractivity contribution in [1.29, 1.82) is 0 Å².